The molecule has 1 aromatic rings. The van der Waals surface area contributed by atoms with Crippen LogP contribution in [-0.4, -0.2) is 50.7 Å². The first-order chi connectivity index (χ1) is 10.00. The van der Waals surface area contributed by atoms with Crippen LogP contribution in [0.1, 0.15) is 5.56 Å². The molecule has 0 amide bonds. The van der Waals surface area contributed by atoms with Crippen molar-refractivity contribution in [2.45, 2.75) is 6.42 Å². The van der Waals surface area contributed by atoms with Gasteiger partial charge in [-0.3, -0.25) is 0 Å². The van der Waals surface area contributed by atoms with Crippen LogP contribution in [0.4, 0.5) is 0 Å². The Hall–Kier alpha value is -2.50. The molecule has 0 unspecified atom stereocenters. The highest BCUT2D eigenvalue weighted by molar-refractivity contribution is 5.99. The van der Waals surface area contributed by atoms with Crippen LogP contribution in [0.15, 0.2) is 33.3 Å². The molecule has 2 rings (SSSR count). The van der Waals surface area contributed by atoms with Crippen LogP contribution < -0.4 is 9.47 Å². The Bertz CT molecular complexity index is 657. The van der Waals surface area contributed by atoms with Crippen LogP contribution in [0, 0.1) is 0 Å². The molecule has 0 bridgehead atoms. The summed E-state index contributed by atoms with van der Waals surface area (Å²) >= 11 is 0. The van der Waals surface area contributed by atoms with Gasteiger partial charge in [-0.1, -0.05) is 11.2 Å². The predicted molar refractivity (Wildman–Crippen MR) is 81.0 cm³/mol. The van der Waals surface area contributed by atoms with Crippen molar-refractivity contribution in [2.24, 2.45) is 15.1 Å². The largest absolute Gasteiger partial charge is 0.493 e. The second-order valence-electron chi connectivity index (χ2n) is 4.90. The van der Waals surface area contributed by atoms with E-state index in [1.54, 1.807) is 20.2 Å². The number of quaternary nitrogens is 1. The van der Waals surface area contributed by atoms with Crippen LogP contribution in [0.3, 0.4) is 0 Å². The van der Waals surface area contributed by atoms with E-state index in [0.717, 1.165) is 5.56 Å². The molecule has 0 saturated carbocycles. The molecular formula is C14H17N5O2. The number of hydrogen-bond acceptors (Lipinski definition) is 5. The standard InChI is InChI=1S/C14H17N5O2/c1-19(2)14(16-9-15)17-13(18-19)8-10-5-6-11(20-3)12(7-10)21-4/h5-7H,8H2,1-4H3. The van der Waals surface area contributed by atoms with E-state index >= 15 is 0 Å². The van der Waals surface area contributed by atoms with E-state index < -0.39 is 0 Å². The van der Waals surface area contributed by atoms with E-state index in [1.165, 1.54) is 0 Å². The summed E-state index contributed by atoms with van der Waals surface area (Å²) in [6.45, 7) is 0. The number of hydrogen-bond donors (Lipinski definition) is 0. The zero-order chi connectivity index (χ0) is 15.5. The molecule has 1 aliphatic rings. The molecule has 0 aromatic heterocycles. The Balaban J connectivity index is 2.25. The van der Waals surface area contributed by atoms with Crippen LogP contribution in [0.5, 0.6) is 11.5 Å². The van der Waals surface area contributed by atoms with Gasteiger partial charge in [0.25, 0.3) is 5.96 Å². The maximum atomic E-state index is 8.67. The Morgan fingerprint density at radius 3 is 2.57 bits per heavy atom. The lowest BCUT2D eigenvalue weighted by Gasteiger charge is -2.17. The molecule has 1 heterocycles. The van der Waals surface area contributed by atoms with Gasteiger partial charge in [-0.05, 0) is 17.7 Å². The normalized spacial score (nSPS) is 15.8. The van der Waals surface area contributed by atoms with E-state index in [4.69, 9.17) is 14.9 Å². The van der Waals surface area contributed by atoms with Crippen LogP contribution in [0.25, 0.3) is 5.41 Å². The van der Waals surface area contributed by atoms with Gasteiger partial charge < -0.3 is 19.9 Å². The Morgan fingerprint density at radius 2 is 1.95 bits per heavy atom. The second-order valence-corrected chi connectivity index (χ2v) is 4.90. The smallest absolute Gasteiger partial charge is 0.260 e. The number of nitrogens with zero attached hydrogens (tertiary/aromatic N) is 5. The Morgan fingerprint density at radius 1 is 1.24 bits per heavy atom. The SMILES string of the molecule is COc1ccc(CC2=N[N+](C)(C)C(N=C=[N-])=N2)cc1OC. The van der Waals surface area contributed by atoms with Gasteiger partial charge in [-0.15, -0.1) is 6.01 Å². The molecule has 1 aliphatic heterocycles. The third kappa shape index (κ3) is 3.16. The van der Waals surface area contributed by atoms with E-state index in [0.29, 0.717) is 29.7 Å². The number of amidine groups is 1. The van der Waals surface area contributed by atoms with Crippen molar-refractivity contribution >= 4 is 17.8 Å². The molecular weight excluding hydrogens is 270 g/mol. The number of rotatable bonds is 4. The van der Waals surface area contributed by atoms with Crippen molar-refractivity contribution in [2.75, 3.05) is 28.3 Å². The quantitative estimate of drug-likeness (QED) is 0.624. The molecule has 21 heavy (non-hydrogen) atoms. The summed E-state index contributed by atoms with van der Waals surface area (Å²) < 4.78 is 10.6. The highest BCUT2D eigenvalue weighted by Gasteiger charge is 2.28. The lowest BCUT2D eigenvalue weighted by molar-refractivity contribution is -0.804. The van der Waals surface area contributed by atoms with Crippen molar-refractivity contribution < 1.29 is 14.1 Å². The van der Waals surface area contributed by atoms with E-state index in [9.17, 15) is 0 Å². The van der Waals surface area contributed by atoms with Crippen LogP contribution in [-0.2, 0) is 6.42 Å². The summed E-state index contributed by atoms with van der Waals surface area (Å²) in [5, 5.41) is 13.1. The number of benzene rings is 1. The fourth-order valence-corrected chi connectivity index (χ4v) is 2.03. The molecule has 0 saturated heterocycles. The first-order valence-corrected chi connectivity index (χ1v) is 6.33. The summed E-state index contributed by atoms with van der Waals surface area (Å²) in [5.41, 5.74) is 0.994. The van der Waals surface area contributed by atoms with E-state index in [2.05, 4.69) is 15.1 Å². The van der Waals surface area contributed by atoms with Crippen LogP contribution >= 0.6 is 0 Å². The van der Waals surface area contributed by atoms with Gasteiger partial charge in [0.15, 0.2) is 17.3 Å². The average molecular weight is 287 g/mol. The van der Waals surface area contributed by atoms with Gasteiger partial charge in [0.1, 0.15) is 0 Å². The molecule has 0 aliphatic carbocycles. The summed E-state index contributed by atoms with van der Waals surface area (Å²) in [6, 6.07) is 7.41. The molecule has 7 nitrogen and oxygen atoms in total. The maximum absolute atomic E-state index is 8.67. The fraction of sp³-hybridized carbons (Fsp3) is 0.357. The van der Waals surface area contributed by atoms with Gasteiger partial charge in [-0.25, -0.2) is 0 Å². The number of aliphatic imine (C=N–C) groups is 2. The van der Waals surface area contributed by atoms with Gasteiger partial charge in [0, 0.05) is 6.42 Å². The fourth-order valence-electron chi connectivity index (χ4n) is 2.03. The third-order valence-electron chi connectivity index (χ3n) is 3.04. The molecule has 0 atom stereocenters. The summed E-state index contributed by atoms with van der Waals surface area (Å²) in [7, 11) is 6.83. The Kier molecular flexibility index (Phi) is 4.16. The van der Waals surface area contributed by atoms with Gasteiger partial charge in [-0.2, -0.15) is 9.58 Å². The van der Waals surface area contributed by atoms with Crippen molar-refractivity contribution in [3.05, 3.63) is 29.2 Å². The zero-order valence-electron chi connectivity index (χ0n) is 12.5. The molecule has 0 radical (unpaired) electrons. The minimum absolute atomic E-state index is 0.121. The number of methoxy groups -OCH3 is 2. The summed E-state index contributed by atoms with van der Waals surface area (Å²) in [4.78, 5) is 8.00. The summed E-state index contributed by atoms with van der Waals surface area (Å²) in [5.74, 6) is 2.34. The minimum atomic E-state index is 0.121. The monoisotopic (exact) mass is 287 g/mol. The first-order valence-electron chi connectivity index (χ1n) is 6.33. The van der Waals surface area contributed by atoms with Gasteiger partial charge in [0.2, 0.25) is 0 Å². The molecule has 110 valence electrons. The Labute approximate surface area is 123 Å². The van der Waals surface area contributed by atoms with Crippen molar-refractivity contribution in [1.82, 2.24) is 0 Å². The molecule has 7 heteroatoms. The topological polar surface area (TPSA) is 77.8 Å². The predicted octanol–water partition coefficient (Wildman–Crippen LogP) is 1.75. The zero-order valence-corrected chi connectivity index (χ0v) is 12.5. The van der Waals surface area contributed by atoms with Gasteiger partial charge >= 0.3 is 0 Å². The van der Waals surface area contributed by atoms with Crippen molar-refractivity contribution in [3.63, 3.8) is 0 Å². The maximum Gasteiger partial charge on any atom is 0.260 e. The van der Waals surface area contributed by atoms with E-state index in [1.807, 2.05) is 32.3 Å². The van der Waals surface area contributed by atoms with E-state index in [-0.39, 0.29) is 4.59 Å². The minimum Gasteiger partial charge on any atom is -0.493 e. The molecule has 0 spiro atoms. The number of guanidine groups is 1. The first kappa shape index (κ1) is 14.9. The molecule has 1 aromatic carbocycles. The van der Waals surface area contributed by atoms with Gasteiger partial charge in [0.05, 0.1) is 28.3 Å². The summed E-state index contributed by atoms with van der Waals surface area (Å²) in [6.07, 6.45) is 0.534. The highest BCUT2D eigenvalue weighted by atomic mass is 16.5. The average Bonchev–Trinajstić information content (AvgIpc) is 2.73. The second kappa shape index (κ2) is 5.87. The molecule has 0 N–H and O–H groups in total. The van der Waals surface area contributed by atoms with Crippen molar-refractivity contribution in [1.29, 1.82) is 0 Å². The highest BCUT2D eigenvalue weighted by Crippen LogP contribution is 2.28. The lowest BCUT2D eigenvalue weighted by atomic mass is 10.1. The van der Waals surface area contributed by atoms with Crippen molar-refractivity contribution in [3.8, 4) is 11.5 Å². The lowest BCUT2D eigenvalue weighted by Crippen LogP contribution is -2.36. The number of ether oxygens (including phenoxy) is 2. The molecule has 0 fully saturated rings. The van der Waals surface area contributed by atoms with Crippen LogP contribution in [0.2, 0.25) is 0 Å². The third-order valence-corrected chi connectivity index (χ3v) is 3.04.